The first-order valence-corrected chi connectivity index (χ1v) is 3.90. The van der Waals surface area contributed by atoms with Crippen molar-refractivity contribution in [3.8, 4) is 0 Å². The molecular formula is C11H14. The van der Waals surface area contributed by atoms with Gasteiger partial charge in [-0.05, 0) is 41.7 Å². The van der Waals surface area contributed by atoms with Gasteiger partial charge in [0.1, 0.15) is 0 Å². The molecule has 0 aliphatic carbocycles. The van der Waals surface area contributed by atoms with E-state index in [4.69, 9.17) is 0 Å². The standard InChI is InChI=1S/C11H14/c1-9-6-5-7-10(8-9)11(2,3)4/h7-8H,1-4H3. The summed E-state index contributed by atoms with van der Waals surface area (Å²) in [6.07, 6.45) is 0. The lowest BCUT2D eigenvalue weighted by Crippen LogP contribution is -2.10. The highest BCUT2D eigenvalue weighted by Gasteiger charge is 2.12. The van der Waals surface area contributed by atoms with Crippen molar-refractivity contribution in [2.75, 3.05) is 0 Å². The molecule has 0 saturated carbocycles. The van der Waals surface area contributed by atoms with Crippen molar-refractivity contribution in [2.24, 2.45) is 0 Å². The SMILES string of the molecule is Cc1[c][c]cc(C(C)(C)C)c1. The Morgan fingerprint density at radius 2 is 1.91 bits per heavy atom. The first kappa shape index (κ1) is 8.32. The molecule has 0 unspecified atom stereocenters. The Kier molecular flexibility index (Phi) is 2.03. The van der Waals surface area contributed by atoms with Crippen molar-refractivity contribution in [2.45, 2.75) is 33.1 Å². The maximum atomic E-state index is 3.02. The molecule has 0 saturated heterocycles. The van der Waals surface area contributed by atoms with E-state index in [1.165, 1.54) is 5.56 Å². The van der Waals surface area contributed by atoms with Crippen LogP contribution >= 0.6 is 0 Å². The minimum Gasteiger partial charge on any atom is -0.0561 e. The number of aryl methyl sites for hydroxylation is 1. The zero-order chi connectivity index (χ0) is 8.48. The fourth-order valence-electron chi connectivity index (χ4n) is 0.972. The van der Waals surface area contributed by atoms with Crippen LogP contribution in [0, 0.1) is 19.1 Å². The highest BCUT2D eigenvalue weighted by molar-refractivity contribution is 5.26. The molecule has 0 aliphatic heterocycles. The van der Waals surface area contributed by atoms with E-state index in [1.807, 2.05) is 13.0 Å². The number of rotatable bonds is 0. The Bertz CT molecular complexity index is 240. The quantitative estimate of drug-likeness (QED) is 0.528. The lowest BCUT2D eigenvalue weighted by molar-refractivity contribution is 0.589. The van der Waals surface area contributed by atoms with Crippen molar-refractivity contribution in [1.29, 1.82) is 0 Å². The van der Waals surface area contributed by atoms with Crippen LogP contribution < -0.4 is 0 Å². The molecule has 0 amide bonds. The maximum Gasteiger partial charge on any atom is -0.00668 e. The molecule has 0 fully saturated rings. The van der Waals surface area contributed by atoms with E-state index < -0.39 is 0 Å². The smallest absolute Gasteiger partial charge is 0.00668 e. The minimum atomic E-state index is 0.232. The molecule has 1 aromatic rings. The van der Waals surface area contributed by atoms with Crippen molar-refractivity contribution >= 4 is 0 Å². The van der Waals surface area contributed by atoms with Crippen LogP contribution in [0.2, 0.25) is 0 Å². The van der Waals surface area contributed by atoms with Crippen molar-refractivity contribution in [3.05, 3.63) is 35.4 Å². The van der Waals surface area contributed by atoms with Gasteiger partial charge in [-0.15, -0.1) is 0 Å². The lowest BCUT2D eigenvalue weighted by atomic mass is 9.86. The van der Waals surface area contributed by atoms with Gasteiger partial charge in [-0.1, -0.05) is 26.8 Å². The van der Waals surface area contributed by atoms with Crippen LogP contribution in [0.5, 0.6) is 0 Å². The summed E-state index contributed by atoms with van der Waals surface area (Å²) >= 11 is 0. The molecule has 1 rings (SSSR count). The predicted molar refractivity (Wildman–Crippen MR) is 47.6 cm³/mol. The van der Waals surface area contributed by atoms with E-state index in [2.05, 4.69) is 39.0 Å². The number of benzene rings is 1. The summed E-state index contributed by atoms with van der Waals surface area (Å²) in [5.41, 5.74) is 2.72. The van der Waals surface area contributed by atoms with Crippen molar-refractivity contribution < 1.29 is 0 Å². The fraction of sp³-hybridized carbons (Fsp3) is 0.455. The molecule has 0 aliphatic rings. The fourth-order valence-corrected chi connectivity index (χ4v) is 0.972. The third-order valence-corrected chi connectivity index (χ3v) is 1.74. The van der Waals surface area contributed by atoms with Crippen molar-refractivity contribution in [1.82, 2.24) is 0 Å². The molecule has 0 N–H and O–H groups in total. The van der Waals surface area contributed by atoms with Gasteiger partial charge in [0, 0.05) is 0 Å². The second-order valence-corrected chi connectivity index (χ2v) is 3.95. The Labute approximate surface area is 69.3 Å². The van der Waals surface area contributed by atoms with Gasteiger partial charge in [-0.3, -0.25) is 0 Å². The summed E-state index contributed by atoms with van der Waals surface area (Å²) < 4.78 is 0. The summed E-state index contributed by atoms with van der Waals surface area (Å²) in [5, 5.41) is 0. The summed E-state index contributed by atoms with van der Waals surface area (Å²) in [6, 6.07) is 10.2. The second-order valence-electron chi connectivity index (χ2n) is 3.95. The van der Waals surface area contributed by atoms with Gasteiger partial charge in [0.25, 0.3) is 0 Å². The number of hydrogen-bond donors (Lipinski definition) is 0. The molecule has 2 radical (unpaired) electrons. The van der Waals surface area contributed by atoms with E-state index in [-0.39, 0.29) is 5.41 Å². The van der Waals surface area contributed by atoms with E-state index >= 15 is 0 Å². The first-order valence-electron chi connectivity index (χ1n) is 3.90. The number of hydrogen-bond acceptors (Lipinski definition) is 0. The molecule has 0 atom stereocenters. The van der Waals surface area contributed by atoms with Crippen LogP contribution in [0.1, 0.15) is 31.9 Å². The molecule has 1 aromatic carbocycles. The summed E-state index contributed by atoms with van der Waals surface area (Å²) in [5.74, 6) is 0. The zero-order valence-electron chi connectivity index (χ0n) is 7.65. The second kappa shape index (κ2) is 2.69. The average molecular weight is 146 g/mol. The largest absolute Gasteiger partial charge is 0.0561 e. The van der Waals surface area contributed by atoms with E-state index in [9.17, 15) is 0 Å². The van der Waals surface area contributed by atoms with Gasteiger partial charge >= 0.3 is 0 Å². The van der Waals surface area contributed by atoms with Crippen LogP contribution in [-0.2, 0) is 5.41 Å². The molecule has 0 aromatic heterocycles. The summed E-state index contributed by atoms with van der Waals surface area (Å²) in [7, 11) is 0. The van der Waals surface area contributed by atoms with Gasteiger partial charge in [0.2, 0.25) is 0 Å². The first-order chi connectivity index (χ1) is 5.00. The molecule has 11 heavy (non-hydrogen) atoms. The molecule has 0 bridgehead atoms. The third kappa shape index (κ3) is 2.07. The molecular weight excluding hydrogens is 132 g/mol. The molecule has 0 heterocycles. The molecule has 0 nitrogen and oxygen atoms in total. The lowest BCUT2D eigenvalue weighted by Gasteiger charge is -2.18. The maximum absolute atomic E-state index is 3.02. The van der Waals surface area contributed by atoms with Gasteiger partial charge in [-0.25, -0.2) is 0 Å². The van der Waals surface area contributed by atoms with E-state index in [0.717, 1.165) is 5.56 Å². The Hall–Kier alpha value is -0.780. The van der Waals surface area contributed by atoms with Gasteiger partial charge in [-0.2, -0.15) is 0 Å². The van der Waals surface area contributed by atoms with Crippen LogP contribution in [-0.4, -0.2) is 0 Å². The minimum absolute atomic E-state index is 0.232. The monoisotopic (exact) mass is 146 g/mol. The Morgan fingerprint density at radius 1 is 1.27 bits per heavy atom. The van der Waals surface area contributed by atoms with Crippen LogP contribution in [0.15, 0.2) is 12.1 Å². The third-order valence-electron chi connectivity index (χ3n) is 1.74. The topological polar surface area (TPSA) is 0 Å². The predicted octanol–water partition coefficient (Wildman–Crippen LogP) is 2.89. The Morgan fingerprint density at radius 3 is 2.27 bits per heavy atom. The van der Waals surface area contributed by atoms with E-state index in [1.54, 1.807) is 0 Å². The van der Waals surface area contributed by atoms with Crippen molar-refractivity contribution in [3.63, 3.8) is 0 Å². The van der Waals surface area contributed by atoms with Gasteiger partial charge in [0.15, 0.2) is 0 Å². The average Bonchev–Trinajstić information content (AvgIpc) is 1.86. The highest BCUT2D eigenvalue weighted by Crippen LogP contribution is 2.21. The van der Waals surface area contributed by atoms with Gasteiger partial charge < -0.3 is 0 Å². The summed E-state index contributed by atoms with van der Waals surface area (Å²) in [6.45, 7) is 8.66. The zero-order valence-corrected chi connectivity index (χ0v) is 7.65. The Balaban J connectivity index is 3.06. The highest BCUT2D eigenvalue weighted by atomic mass is 14.2. The van der Waals surface area contributed by atoms with Gasteiger partial charge in [0.05, 0.1) is 0 Å². The molecule has 0 heteroatoms. The van der Waals surface area contributed by atoms with Crippen LogP contribution in [0.3, 0.4) is 0 Å². The van der Waals surface area contributed by atoms with Crippen LogP contribution in [0.4, 0.5) is 0 Å². The molecule has 0 spiro atoms. The summed E-state index contributed by atoms with van der Waals surface area (Å²) in [4.78, 5) is 0. The molecule has 58 valence electrons. The van der Waals surface area contributed by atoms with E-state index in [0.29, 0.717) is 0 Å². The normalized spacial score (nSPS) is 11.6. The van der Waals surface area contributed by atoms with Crippen LogP contribution in [0.25, 0.3) is 0 Å².